The van der Waals surface area contributed by atoms with Crippen LogP contribution in [0.25, 0.3) is 43.8 Å². The Kier molecular flexibility index (Phi) is 8.41. The molecule has 0 radical (unpaired) electrons. The first-order valence-electron chi connectivity index (χ1n) is 22.7. The first kappa shape index (κ1) is 37.3. The summed E-state index contributed by atoms with van der Waals surface area (Å²) in [7, 11) is 0. The topological polar surface area (TPSA) is 3.24 Å². The molecule has 0 unspecified atom stereocenters. The van der Waals surface area contributed by atoms with Crippen molar-refractivity contribution in [1.82, 2.24) is 0 Å². The summed E-state index contributed by atoms with van der Waals surface area (Å²) in [6.07, 6.45) is 0. The van der Waals surface area contributed by atoms with Crippen molar-refractivity contribution >= 4 is 38.6 Å². The molecule has 0 aromatic heterocycles. The predicted octanol–water partition coefficient (Wildman–Crippen LogP) is 16.2. The molecule has 11 aromatic carbocycles. The lowest BCUT2D eigenvalue weighted by atomic mass is 9.67. The van der Waals surface area contributed by atoms with E-state index in [2.05, 4.69) is 266 Å². The highest BCUT2D eigenvalue weighted by atomic mass is 15.1. The third-order valence-electron chi connectivity index (χ3n) is 14.4. The van der Waals surface area contributed by atoms with Crippen LogP contribution in [0, 0.1) is 0 Å². The molecular weight excluding hydrogens is 783 g/mol. The van der Waals surface area contributed by atoms with Crippen LogP contribution in [-0.4, -0.2) is 0 Å². The first-order valence-corrected chi connectivity index (χ1v) is 22.7. The van der Waals surface area contributed by atoms with Crippen molar-refractivity contribution in [3.63, 3.8) is 0 Å². The van der Waals surface area contributed by atoms with Crippen molar-refractivity contribution in [2.75, 3.05) is 4.90 Å². The minimum Gasteiger partial charge on any atom is -0.310 e. The van der Waals surface area contributed by atoms with Crippen LogP contribution < -0.4 is 4.90 Å². The smallest absolute Gasteiger partial charge is 0.0714 e. The van der Waals surface area contributed by atoms with Gasteiger partial charge in [-0.05, 0) is 113 Å². The van der Waals surface area contributed by atoms with Gasteiger partial charge in [0.25, 0.3) is 0 Å². The lowest BCUT2D eigenvalue weighted by Crippen LogP contribution is -2.29. The molecule has 304 valence electrons. The second-order valence-corrected chi connectivity index (χ2v) is 17.5. The maximum absolute atomic E-state index is 2.54. The van der Waals surface area contributed by atoms with E-state index in [-0.39, 0.29) is 0 Å². The fourth-order valence-electron chi connectivity index (χ4n) is 11.8. The molecule has 0 amide bonds. The standard InChI is InChI=1S/C64H43N/c1-5-22-46(23-6-1)63(47-24-7-2-8-25-47)57-33-17-15-31-53(57)55-40-38-50(42-59(55)63)65(61-35-19-21-45-37-36-44-20-13-14-30-52(44)62(45)61)51-39-41-56-54-32-16-18-34-58(54)64(60(56)43-51,48-26-9-3-10-27-48)49-28-11-4-12-29-49/h1-43H. The van der Waals surface area contributed by atoms with Crippen molar-refractivity contribution in [2.45, 2.75) is 10.8 Å². The molecule has 0 saturated carbocycles. The first-order chi connectivity index (χ1) is 32.3. The zero-order chi connectivity index (χ0) is 43.0. The van der Waals surface area contributed by atoms with Gasteiger partial charge in [0.15, 0.2) is 0 Å². The Morgan fingerprint density at radius 2 is 0.646 bits per heavy atom. The number of rotatable bonds is 7. The number of nitrogens with zero attached hydrogens (tertiary/aromatic N) is 1. The van der Waals surface area contributed by atoms with E-state index in [9.17, 15) is 0 Å². The number of benzene rings is 11. The van der Waals surface area contributed by atoms with Crippen molar-refractivity contribution in [1.29, 1.82) is 0 Å². The van der Waals surface area contributed by atoms with Crippen molar-refractivity contribution < 1.29 is 0 Å². The number of anilines is 3. The summed E-state index contributed by atoms with van der Waals surface area (Å²) in [6, 6.07) is 97.2. The minimum atomic E-state index is -0.545. The van der Waals surface area contributed by atoms with Crippen molar-refractivity contribution in [2.24, 2.45) is 0 Å². The molecule has 0 N–H and O–H groups in total. The zero-order valence-corrected chi connectivity index (χ0v) is 35.8. The lowest BCUT2D eigenvalue weighted by molar-refractivity contribution is 0.767. The highest BCUT2D eigenvalue weighted by molar-refractivity contribution is 6.15. The van der Waals surface area contributed by atoms with E-state index in [4.69, 9.17) is 0 Å². The largest absolute Gasteiger partial charge is 0.310 e. The van der Waals surface area contributed by atoms with Crippen LogP contribution in [0.4, 0.5) is 17.1 Å². The molecule has 13 rings (SSSR count). The Bertz CT molecular complexity index is 3330. The monoisotopic (exact) mass is 825 g/mol. The van der Waals surface area contributed by atoms with Gasteiger partial charge in [0.2, 0.25) is 0 Å². The molecule has 0 atom stereocenters. The van der Waals surface area contributed by atoms with E-state index in [0.29, 0.717) is 0 Å². The summed E-state index contributed by atoms with van der Waals surface area (Å²) in [5.41, 5.74) is 17.5. The van der Waals surface area contributed by atoms with Gasteiger partial charge in [0.05, 0.1) is 16.5 Å². The van der Waals surface area contributed by atoms with Crippen LogP contribution in [-0.2, 0) is 10.8 Å². The predicted molar refractivity (Wildman–Crippen MR) is 271 cm³/mol. The van der Waals surface area contributed by atoms with Gasteiger partial charge in [0, 0.05) is 16.8 Å². The van der Waals surface area contributed by atoms with Crippen LogP contribution >= 0.6 is 0 Å². The Hall–Kier alpha value is -8.26. The molecule has 2 aliphatic rings. The normalized spacial score (nSPS) is 13.8. The van der Waals surface area contributed by atoms with Gasteiger partial charge in [-0.15, -0.1) is 0 Å². The Morgan fingerprint density at radius 1 is 0.262 bits per heavy atom. The molecule has 0 spiro atoms. The van der Waals surface area contributed by atoms with Gasteiger partial charge in [-0.1, -0.05) is 231 Å². The van der Waals surface area contributed by atoms with Gasteiger partial charge in [-0.25, -0.2) is 0 Å². The fraction of sp³-hybridized carbons (Fsp3) is 0.0312. The molecule has 0 saturated heterocycles. The van der Waals surface area contributed by atoms with E-state index in [0.717, 1.165) is 17.1 Å². The quantitative estimate of drug-likeness (QED) is 0.145. The summed E-state index contributed by atoms with van der Waals surface area (Å²) in [4.78, 5) is 2.54. The van der Waals surface area contributed by atoms with Gasteiger partial charge < -0.3 is 4.90 Å². The molecule has 0 fully saturated rings. The molecule has 1 heteroatoms. The Morgan fingerprint density at radius 3 is 1.14 bits per heavy atom. The van der Waals surface area contributed by atoms with E-state index < -0.39 is 10.8 Å². The SMILES string of the molecule is c1ccc(C2(c3ccccc3)c3ccccc3-c3ccc(N(c4ccc5c(c4)C(c4ccccc4)(c4ccccc4)c4ccccc4-5)c4cccc5ccc6ccccc6c45)cc32)cc1. The highest BCUT2D eigenvalue weighted by Crippen LogP contribution is 2.60. The van der Waals surface area contributed by atoms with Gasteiger partial charge in [-0.3, -0.25) is 0 Å². The number of hydrogen-bond acceptors (Lipinski definition) is 1. The summed E-state index contributed by atoms with van der Waals surface area (Å²) in [5.74, 6) is 0. The van der Waals surface area contributed by atoms with Gasteiger partial charge in [0.1, 0.15) is 0 Å². The summed E-state index contributed by atoms with van der Waals surface area (Å²) in [5, 5.41) is 4.89. The third kappa shape index (κ3) is 5.33. The maximum Gasteiger partial charge on any atom is 0.0714 e. The third-order valence-corrected chi connectivity index (χ3v) is 14.4. The van der Waals surface area contributed by atoms with Crippen LogP contribution in [0.15, 0.2) is 261 Å². The van der Waals surface area contributed by atoms with Crippen LogP contribution in [0.1, 0.15) is 44.5 Å². The average molecular weight is 826 g/mol. The second-order valence-electron chi connectivity index (χ2n) is 17.5. The average Bonchev–Trinajstić information content (AvgIpc) is 3.85. The Labute approximate surface area is 380 Å². The summed E-state index contributed by atoms with van der Waals surface area (Å²) < 4.78 is 0. The van der Waals surface area contributed by atoms with Gasteiger partial charge in [-0.2, -0.15) is 0 Å². The number of fused-ring (bicyclic) bond motifs is 9. The minimum absolute atomic E-state index is 0.545. The lowest BCUT2D eigenvalue weighted by Gasteiger charge is -2.36. The Balaban J connectivity index is 1.14. The van der Waals surface area contributed by atoms with E-state index in [1.165, 1.54) is 88.3 Å². The number of hydrogen-bond donors (Lipinski definition) is 0. The van der Waals surface area contributed by atoms with E-state index in [1.54, 1.807) is 0 Å². The van der Waals surface area contributed by atoms with Crippen LogP contribution in [0.2, 0.25) is 0 Å². The molecule has 0 heterocycles. The van der Waals surface area contributed by atoms with E-state index in [1.807, 2.05) is 0 Å². The summed E-state index contributed by atoms with van der Waals surface area (Å²) >= 11 is 0. The zero-order valence-electron chi connectivity index (χ0n) is 35.8. The molecule has 11 aromatic rings. The molecule has 1 nitrogen and oxygen atoms in total. The molecule has 0 aliphatic heterocycles. The molecular formula is C64H43N. The second kappa shape index (κ2) is 14.7. The molecule has 2 aliphatic carbocycles. The van der Waals surface area contributed by atoms with Crippen LogP contribution in [0.3, 0.4) is 0 Å². The summed E-state index contributed by atoms with van der Waals surface area (Å²) in [6.45, 7) is 0. The molecule has 0 bridgehead atoms. The van der Waals surface area contributed by atoms with Crippen molar-refractivity contribution in [3.05, 3.63) is 305 Å². The van der Waals surface area contributed by atoms with Crippen molar-refractivity contribution in [3.8, 4) is 22.3 Å². The highest BCUT2D eigenvalue weighted by Gasteiger charge is 2.48. The van der Waals surface area contributed by atoms with E-state index >= 15 is 0 Å². The van der Waals surface area contributed by atoms with Gasteiger partial charge >= 0.3 is 0 Å². The van der Waals surface area contributed by atoms with Crippen LogP contribution in [0.5, 0.6) is 0 Å². The fourth-order valence-corrected chi connectivity index (χ4v) is 11.8. The molecule has 65 heavy (non-hydrogen) atoms. The maximum atomic E-state index is 2.54.